The Morgan fingerprint density at radius 1 is 1.29 bits per heavy atom. The number of halogens is 2. The molecule has 0 atom stereocenters. The molecule has 2 heterocycles. The van der Waals surface area contributed by atoms with E-state index in [4.69, 9.17) is 10.5 Å². The van der Waals surface area contributed by atoms with Crippen molar-refractivity contribution in [2.24, 2.45) is 5.73 Å². The minimum atomic E-state index is 0. The van der Waals surface area contributed by atoms with Gasteiger partial charge in [-0.15, -0.1) is 41.6 Å². The van der Waals surface area contributed by atoms with Crippen LogP contribution in [0.15, 0.2) is 17.8 Å². The molecule has 0 aromatic carbocycles. The number of nitrogens with zero attached hydrogens (tertiary/aromatic N) is 4. The van der Waals surface area contributed by atoms with Crippen LogP contribution < -0.4 is 5.73 Å². The van der Waals surface area contributed by atoms with E-state index in [2.05, 4.69) is 21.7 Å². The molecule has 0 spiro atoms. The van der Waals surface area contributed by atoms with E-state index in [0.717, 1.165) is 49.6 Å². The zero-order chi connectivity index (χ0) is 13.5. The van der Waals surface area contributed by atoms with Crippen LogP contribution in [-0.4, -0.2) is 58.3 Å². The van der Waals surface area contributed by atoms with Crippen molar-refractivity contribution in [3.05, 3.63) is 18.5 Å². The molecular formula is C12H23Cl2N5OS. The van der Waals surface area contributed by atoms with E-state index in [1.165, 1.54) is 0 Å². The van der Waals surface area contributed by atoms with Gasteiger partial charge in [-0.1, -0.05) is 17.8 Å². The van der Waals surface area contributed by atoms with E-state index in [0.29, 0.717) is 13.1 Å². The smallest absolute Gasteiger partial charge is 0.191 e. The summed E-state index contributed by atoms with van der Waals surface area (Å²) in [4.78, 5) is 2.41. The lowest BCUT2D eigenvalue weighted by molar-refractivity contribution is 0.0410. The Morgan fingerprint density at radius 2 is 2.00 bits per heavy atom. The van der Waals surface area contributed by atoms with Crippen LogP contribution in [0.5, 0.6) is 0 Å². The molecule has 1 aromatic heterocycles. The number of hydrogen-bond donors (Lipinski definition) is 1. The molecular weight excluding hydrogens is 333 g/mol. The van der Waals surface area contributed by atoms with Crippen molar-refractivity contribution < 1.29 is 4.74 Å². The van der Waals surface area contributed by atoms with Crippen molar-refractivity contribution in [1.29, 1.82) is 0 Å². The topological polar surface area (TPSA) is 69.2 Å². The summed E-state index contributed by atoms with van der Waals surface area (Å²) < 4.78 is 7.36. The van der Waals surface area contributed by atoms with Gasteiger partial charge in [-0.25, -0.2) is 0 Å². The van der Waals surface area contributed by atoms with Crippen molar-refractivity contribution in [2.45, 2.75) is 18.2 Å². The number of aromatic nitrogens is 3. The first-order valence-corrected chi connectivity index (χ1v) is 7.49. The van der Waals surface area contributed by atoms with Gasteiger partial charge in [0.15, 0.2) is 5.16 Å². The normalized spacial score (nSPS) is 15.1. The second kappa shape index (κ2) is 11.3. The molecule has 0 amide bonds. The predicted octanol–water partition coefficient (Wildman–Crippen LogP) is 1.19. The third-order valence-electron chi connectivity index (χ3n) is 3.03. The average Bonchev–Trinajstić information content (AvgIpc) is 2.83. The zero-order valence-corrected chi connectivity index (χ0v) is 14.4. The highest BCUT2D eigenvalue weighted by Crippen LogP contribution is 2.17. The second-order valence-electron chi connectivity index (χ2n) is 4.30. The highest BCUT2D eigenvalue weighted by Gasteiger charge is 2.13. The SMILES string of the molecule is C=CCn1c(CN)nnc1SCCN1CCOCC1.Cl.Cl. The Morgan fingerprint density at radius 3 is 2.62 bits per heavy atom. The molecule has 21 heavy (non-hydrogen) atoms. The van der Waals surface area contributed by atoms with Crippen molar-refractivity contribution in [1.82, 2.24) is 19.7 Å². The maximum atomic E-state index is 5.65. The average molecular weight is 356 g/mol. The van der Waals surface area contributed by atoms with Crippen LogP contribution in [0.3, 0.4) is 0 Å². The van der Waals surface area contributed by atoms with Gasteiger partial charge in [0.05, 0.1) is 19.8 Å². The summed E-state index contributed by atoms with van der Waals surface area (Å²) in [7, 11) is 0. The van der Waals surface area contributed by atoms with Crippen LogP contribution in [0.1, 0.15) is 5.82 Å². The molecule has 0 bridgehead atoms. The Labute approximate surface area is 142 Å². The van der Waals surface area contributed by atoms with Gasteiger partial charge in [-0.05, 0) is 0 Å². The highest BCUT2D eigenvalue weighted by molar-refractivity contribution is 7.99. The summed E-state index contributed by atoms with van der Waals surface area (Å²) in [5.74, 6) is 1.81. The molecule has 2 N–H and O–H groups in total. The maximum Gasteiger partial charge on any atom is 0.191 e. The molecule has 1 aliphatic heterocycles. The summed E-state index contributed by atoms with van der Waals surface area (Å²) in [6, 6.07) is 0. The molecule has 9 heteroatoms. The number of morpholine rings is 1. The van der Waals surface area contributed by atoms with Crippen molar-refractivity contribution in [2.75, 3.05) is 38.6 Å². The van der Waals surface area contributed by atoms with Gasteiger partial charge >= 0.3 is 0 Å². The van der Waals surface area contributed by atoms with Gasteiger partial charge in [-0.3, -0.25) is 4.90 Å². The molecule has 1 aliphatic rings. The van der Waals surface area contributed by atoms with Crippen molar-refractivity contribution in [3.63, 3.8) is 0 Å². The minimum Gasteiger partial charge on any atom is -0.379 e. The van der Waals surface area contributed by atoms with E-state index in [1.54, 1.807) is 11.8 Å². The van der Waals surface area contributed by atoms with Crippen LogP contribution >= 0.6 is 36.6 Å². The number of rotatable bonds is 7. The quantitative estimate of drug-likeness (QED) is 0.585. The van der Waals surface area contributed by atoms with E-state index < -0.39 is 0 Å². The lowest BCUT2D eigenvalue weighted by atomic mass is 10.4. The third kappa shape index (κ3) is 6.14. The van der Waals surface area contributed by atoms with Gasteiger partial charge in [-0.2, -0.15) is 0 Å². The molecule has 122 valence electrons. The fourth-order valence-corrected chi connectivity index (χ4v) is 2.95. The van der Waals surface area contributed by atoms with E-state index in [9.17, 15) is 0 Å². The molecule has 1 saturated heterocycles. The highest BCUT2D eigenvalue weighted by atomic mass is 35.5. The summed E-state index contributed by atoms with van der Waals surface area (Å²) in [6.07, 6.45) is 1.84. The van der Waals surface area contributed by atoms with Crippen molar-refractivity contribution >= 4 is 36.6 Å². The first kappa shape index (κ1) is 20.7. The summed E-state index contributed by atoms with van der Waals surface area (Å²) in [5, 5.41) is 9.22. The van der Waals surface area contributed by atoms with Gasteiger partial charge in [0, 0.05) is 31.9 Å². The number of thioether (sulfide) groups is 1. The Bertz CT molecular complexity index is 412. The monoisotopic (exact) mass is 355 g/mol. The minimum absolute atomic E-state index is 0. The Balaban J connectivity index is 0.00000200. The maximum absolute atomic E-state index is 5.65. The van der Waals surface area contributed by atoms with Gasteiger partial charge < -0.3 is 15.0 Å². The molecule has 1 fully saturated rings. The Kier molecular flexibility index (Phi) is 11.1. The van der Waals surface area contributed by atoms with Crippen molar-refractivity contribution in [3.8, 4) is 0 Å². The standard InChI is InChI=1S/C12H21N5OS.2ClH/c1-2-3-17-11(10-13)14-15-12(17)19-9-6-16-4-7-18-8-5-16;;/h2H,1,3-10,13H2;2*1H. The number of allylic oxidation sites excluding steroid dienone is 1. The molecule has 2 rings (SSSR count). The number of ether oxygens (including phenoxy) is 1. The molecule has 0 saturated carbocycles. The fourth-order valence-electron chi connectivity index (χ4n) is 1.98. The summed E-state index contributed by atoms with van der Waals surface area (Å²) in [6.45, 7) is 9.65. The zero-order valence-electron chi connectivity index (χ0n) is 11.9. The predicted molar refractivity (Wildman–Crippen MR) is 90.6 cm³/mol. The third-order valence-corrected chi connectivity index (χ3v) is 3.98. The lowest BCUT2D eigenvalue weighted by Gasteiger charge is -2.26. The van der Waals surface area contributed by atoms with Gasteiger partial charge in [0.2, 0.25) is 0 Å². The van der Waals surface area contributed by atoms with Crippen LogP contribution in [0, 0.1) is 0 Å². The second-order valence-corrected chi connectivity index (χ2v) is 5.37. The van der Waals surface area contributed by atoms with E-state index in [1.807, 2.05) is 10.6 Å². The molecule has 0 aliphatic carbocycles. The first-order valence-electron chi connectivity index (χ1n) is 6.51. The first-order chi connectivity index (χ1) is 9.35. The number of hydrogen-bond acceptors (Lipinski definition) is 6. The summed E-state index contributed by atoms with van der Waals surface area (Å²) in [5.41, 5.74) is 5.65. The Hall–Kier alpha value is -0.310. The van der Waals surface area contributed by atoms with E-state index >= 15 is 0 Å². The molecule has 0 radical (unpaired) electrons. The van der Waals surface area contributed by atoms with Crippen LogP contribution in [0.2, 0.25) is 0 Å². The van der Waals surface area contributed by atoms with Gasteiger partial charge in [0.1, 0.15) is 5.82 Å². The molecule has 0 unspecified atom stereocenters. The van der Waals surface area contributed by atoms with E-state index in [-0.39, 0.29) is 24.8 Å². The van der Waals surface area contributed by atoms with Gasteiger partial charge in [0.25, 0.3) is 0 Å². The largest absolute Gasteiger partial charge is 0.379 e. The molecule has 6 nitrogen and oxygen atoms in total. The fraction of sp³-hybridized carbons (Fsp3) is 0.667. The molecule has 1 aromatic rings. The van der Waals surface area contributed by atoms with Crippen LogP contribution in [-0.2, 0) is 17.8 Å². The summed E-state index contributed by atoms with van der Waals surface area (Å²) >= 11 is 1.72. The van der Waals surface area contributed by atoms with Crippen LogP contribution in [0.4, 0.5) is 0 Å². The van der Waals surface area contributed by atoms with Crippen LogP contribution in [0.25, 0.3) is 0 Å². The lowest BCUT2D eigenvalue weighted by Crippen LogP contribution is -2.37. The number of nitrogens with two attached hydrogens (primary N) is 1.